The van der Waals surface area contributed by atoms with Crippen molar-refractivity contribution < 1.29 is 4.74 Å². The van der Waals surface area contributed by atoms with Gasteiger partial charge in [0.1, 0.15) is 5.75 Å². The van der Waals surface area contributed by atoms with Crippen LogP contribution in [0.15, 0.2) is 42.5 Å². The van der Waals surface area contributed by atoms with E-state index in [-0.39, 0.29) is 0 Å². The molecule has 0 spiro atoms. The van der Waals surface area contributed by atoms with Crippen molar-refractivity contribution in [2.45, 2.75) is 41.2 Å². The summed E-state index contributed by atoms with van der Waals surface area (Å²) < 4.78 is 8.48. The Bertz CT molecular complexity index is 891. The molecule has 0 unspecified atom stereocenters. The van der Waals surface area contributed by atoms with Crippen LogP contribution < -0.4 is 9.64 Å². The topological polar surface area (TPSA) is 17.4 Å². The third-order valence-corrected chi connectivity index (χ3v) is 5.21. The highest BCUT2D eigenvalue weighted by Gasteiger charge is 2.22. The Balaban J connectivity index is 2.40. The molecule has 3 rings (SSSR count). The maximum atomic E-state index is 6.08. The fraction of sp³-hybridized carbons (Fsp3) is 0.391. The van der Waals surface area contributed by atoms with E-state index in [1.165, 1.54) is 33.4 Å². The van der Waals surface area contributed by atoms with Crippen molar-refractivity contribution in [3.8, 4) is 16.9 Å². The van der Waals surface area contributed by atoms with E-state index in [0.29, 0.717) is 6.61 Å². The molecule has 3 aromatic rings. The van der Waals surface area contributed by atoms with Crippen molar-refractivity contribution in [2.75, 3.05) is 24.6 Å². The van der Waals surface area contributed by atoms with Crippen LogP contribution in [0.2, 0.25) is 0 Å². The lowest BCUT2D eigenvalue weighted by Crippen LogP contribution is -2.22. The summed E-state index contributed by atoms with van der Waals surface area (Å²) in [6, 6.07) is 15.1. The van der Waals surface area contributed by atoms with Crippen molar-refractivity contribution in [2.24, 2.45) is 0 Å². The van der Waals surface area contributed by atoms with Gasteiger partial charge in [0, 0.05) is 53.0 Å². The van der Waals surface area contributed by atoms with Crippen LogP contribution in [0.5, 0.6) is 5.75 Å². The van der Waals surface area contributed by atoms with Gasteiger partial charge in [0.25, 0.3) is 0 Å². The Hall–Kier alpha value is -2.42. The van der Waals surface area contributed by atoms with Crippen molar-refractivity contribution in [3.05, 3.63) is 48.2 Å². The van der Waals surface area contributed by atoms with Crippen LogP contribution >= 0.6 is 0 Å². The molecule has 3 heteroatoms. The monoisotopic (exact) mass is 350 g/mol. The smallest absolute Gasteiger partial charge is 0.129 e. The summed E-state index contributed by atoms with van der Waals surface area (Å²) in [7, 11) is 0. The number of aryl methyl sites for hydroxylation is 1. The quantitative estimate of drug-likeness (QED) is 0.529. The number of para-hydroxylation sites is 1. The Morgan fingerprint density at radius 3 is 2.27 bits per heavy atom. The minimum Gasteiger partial charge on any atom is -0.493 e. The first-order valence-electron chi connectivity index (χ1n) is 9.76. The minimum atomic E-state index is 0.667. The average Bonchev–Trinajstić information content (AvgIpc) is 2.94. The molecule has 1 aromatic heterocycles. The van der Waals surface area contributed by atoms with E-state index >= 15 is 0 Å². The molecule has 0 fully saturated rings. The predicted molar refractivity (Wildman–Crippen MR) is 113 cm³/mol. The van der Waals surface area contributed by atoms with Crippen molar-refractivity contribution in [1.29, 1.82) is 0 Å². The Morgan fingerprint density at radius 2 is 1.62 bits per heavy atom. The number of ether oxygens (including phenoxy) is 1. The molecule has 0 bridgehead atoms. The zero-order chi connectivity index (χ0) is 18.7. The van der Waals surface area contributed by atoms with Crippen LogP contribution in [0.4, 0.5) is 5.69 Å². The van der Waals surface area contributed by atoms with Crippen LogP contribution in [0.3, 0.4) is 0 Å². The van der Waals surface area contributed by atoms with Gasteiger partial charge in [-0.25, -0.2) is 0 Å². The highest BCUT2D eigenvalue weighted by molar-refractivity contribution is 6.03. The van der Waals surface area contributed by atoms with E-state index < -0.39 is 0 Å². The average molecular weight is 351 g/mol. The zero-order valence-corrected chi connectivity index (χ0v) is 16.7. The van der Waals surface area contributed by atoms with Crippen LogP contribution in [-0.4, -0.2) is 24.3 Å². The van der Waals surface area contributed by atoms with Gasteiger partial charge >= 0.3 is 0 Å². The van der Waals surface area contributed by atoms with Gasteiger partial charge in [-0.3, -0.25) is 0 Å². The zero-order valence-electron chi connectivity index (χ0n) is 16.7. The molecule has 0 N–H and O–H groups in total. The summed E-state index contributed by atoms with van der Waals surface area (Å²) in [5, 5.41) is 1.30. The maximum absolute atomic E-state index is 6.08. The van der Waals surface area contributed by atoms with Gasteiger partial charge in [-0.2, -0.15) is 0 Å². The Morgan fingerprint density at radius 1 is 0.885 bits per heavy atom. The summed E-state index contributed by atoms with van der Waals surface area (Å²) >= 11 is 0. The van der Waals surface area contributed by atoms with E-state index in [1.807, 2.05) is 0 Å². The standard InChI is InChI=1S/C23H30N2O/c1-6-24(7-2)20-15-12-16-21(26-9-4)23(20)22-17(5)25(8-3)19-14-11-10-13-18(19)22/h10-16H,6-9H2,1-5H3. The molecular formula is C23H30N2O. The van der Waals surface area contributed by atoms with Gasteiger partial charge in [-0.05, 0) is 52.8 Å². The number of benzene rings is 2. The van der Waals surface area contributed by atoms with Crippen molar-refractivity contribution in [1.82, 2.24) is 4.57 Å². The van der Waals surface area contributed by atoms with Crippen LogP contribution in [0.25, 0.3) is 22.0 Å². The van der Waals surface area contributed by atoms with Gasteiger partial charge in [-0.15, -0.1) is 0 Å². The number of nitrogens with zero attached hydrogens (tertiary/aromatic N) is 2. The van der Waals surface area contributed by atoms with E-state index in [0.717, 1.165) is 25.4 Å². The number of hydrogen-bond acceptors (Lipinski definition) is 2. The lowest BCUT2D eigenvalue weighted by atomic mass is 9.98. The van der Waals surface area contributed by atoms with Gasteiger partial charge in [-0.1, -0.05) is 24.3 Å². The Labute approximate surface area is 157 Å². The SMILES string of the molecule is CCOc1cccc(N(CC)CC)c1-c1c(C)n(CC)c2ccccc12. The second-order valence-electron chi connectivity index (χ2n) is 6.48. The molecule has 3 nitrogen and oxygen atoms in total. The predicted octanol–water partition coefficient (Wildman–Crippen LogP) is 5.88. The number of rotatable bonds is 7. The number of aromatic nitrogens is 1. The first-order valence-corrected chi connectivity index (χ1v) is 9.76. The molecule has 0 aliphatic heterocycles. The second-order valence-corrected chi connectivity index (χ2v) is 6.48. The molecule has 0 aliphatic carbocycles. The lowest BCUT2D eigenvalue weighted by molar-refractivity contribution is 0.341. The summed E-state index contributed by atoms with van der Waals surface area (Å²) in [5.74, 6) is 0.971. The molecule has 26 heavy (non-hydrogen) atoms. The molecule has 0 amide bonds. The largest absolute Gasteiger partial charge is 0.493 e. The van der Waals surface area contributed by atoms with Crippen molar-refractivity contribution >= 4 is 16.6 Å². The first-order chi connectivity index (χ1) is 12.7. The number of anilines is 1. The minimum absolute atomic E-state index is 0.667. The number of hydrogen-bond donors (Lipinski definition) is 0. The van der Waals surface area contributed by atoms with Gasteiger partial charge in [0.05, 0.1) is 6.61 Å². The highest BCUT2D eigenvalue weighted by Crippen LogP contribution is 2.45. The summed E-state index contributed by atoms with van der Waals surface area (Å²) in [6.45, 7) is 14.5. The summed E-state index contributed by atoms with van der Waals surface area (Å²) in [6.07, 6.45) is 0. The van der Waals surface area contributed by atoms with Gasteiger partial charge in [0.15, 0.2) is 0 Å². The fourth-order valence-electron chi connectivity index (χ4n) is 4.03. The van der Waals surface area contributed by atoms with Gasteiger partial charge < -0.3 is 14.2 Å². The molecule has 138 valence electrons. The van der Waals surface area contributed by atoms with E-state index in [2.05, 4.69) is 86.6 Å². The molecular weight excluding hydrogens is 320 g/mol. The summed E-state index contributed by atoms with van der Waals surface area (Å²) in [4.78, 5) is 2.41. The van der Waals surface area contributed by atoms with E-state index in [4.69, 9.17) is 4.74 Å². The first kappa shape index (κ1) is 18.4. The number of fused-ring (bicyclic) bond motifs is 1. The van der Waals surface area contributed by atoms with Crippen LogP contribution in [0.1, 0.15) is 33.4 Å². The van der Waals surface area contributed by atoms with Gasteiger partial charge in [0.2, 0.25) is 0 Å². The van der Waals surface area contributed by atoms with E-state index in [9.17, 15) is 0 Å². The fourth-order valence-corrected chi connectivity index (χ4v) is 4.03. The summed E-state index contributed by atoms with van der Waals surface area (Å²) in [5.41, 5.74) is 6.36. The normalized spacial score (nSPS) is 11.1. The van der Waals surface area contributed by atoms with E-state index in [1.54, 1.807) is 0 Å². The highest BCUT2D eigenvalue weighted by atomic mass is 16.5. The lowest BCUT2D eigenvalue weighted by Gasteiger charge is -2.26. The molecule has 2 aromatic carbocycles. The third-order valence-electron chi connectivity index (χ3n) is 5.21. The molecule has 0 saturated carbocycles. The van der Waals surface area contributed by atoms with Crippen LogP contribution in [0, 0.1) is 6.92 Å². The van der Waals surface area contributed by atoms with Crippen LogP contribution in [-0.2, 0) is 6.54 Å². The molecule has 0 saturated heterocycles. The second kappa shape index (κ2) is 7.86. The molecule has 0 radical (unpaired) electrons. The molecule has 0 atom stereocenters. The third kappa shape index (κ3) is 2.96. The van der Waals surface area contributed by atoms with Crippen molar-refractivity contribution in [3.63, 3.8) is 0 Å². The Kier molecular flexibility index (Phi) is 5.55. The molecule has 1 heterocycles. The maximum Gasteiger partial charge on any atom is 0.129 e. The molecule has 0 aliphatic rings.